The quantitative estimate of drug-likeness (QED) is 0.637. The Hall–Kier alpha value is -0.520. The molecule has 1 aliphatic heterocycles. The SMILES string of the molecule is C#CCC(NC)C1CCC(C)O1. The van der Waals surface area contributed by atoms with Gasteiger partial charge in [-0.2, -0.15) is 0 Å². The van der Waals surface area contributed by atoms with Crippen LogP contribution in [0.4, 0.5) is 0 Å². The van der Waals surface area contributed by atoms with Gasteiger partial charge in [0.1, 0.15) is 0 Å². The van der Waals surface area contributed by atoms with Crippen molar-refractivity contribution in [2.24, 2.45) is 0 Å². The first-order valence-electron chi connectivity index (χ1n) is 4.54. The van der Waals surface area contributed by atoms with Gasteiger partial charge in [-0.15, -0.1) is 12.3 Å². The van der Waals surface area contributed by atoms with E-state index in [-0.39, 0.29) is 0 Å². The first kappa shape index (κ1) is 9.57. The third-order valence-electron chi connectivity index (χ3n) is 2.42. The highest BCUT2D eigenvalue weighted by molar-refractivity contribution is 4.94. The van der Waals surface area contributed by atoms with Gasteiger partial charge in [0.2, 0.25) is 0 Å². The van der Waals surface area contributed by atoms with Crippen LogP contribution in [0.3, 0.4) is 0 Å². The summed E-state index contributed by atoms with van der Waals surface area (Å²) in [5.41, 5.74) is 0. The van der Waals surface area contributed by atoms with Gasteiger partial charge in [-0.1, -0.05) is 0 Å². The second-order valence-electron chi connectivity index (χ2n) is 3.37. The van der Waals surface area contributed by atoms with Crippen molar-refractivity contribution in [2.45, 2.75) is 44.4 Å². The first-order valence-corrected chi connectivity index (χ1v) is 4.54. The summed E-state index contributed by atoms with van der Waals surface area (Å²) in [5.74, 6) is 2.67. The van der Waals surface area contributed by atoms with E-state index in [1.54, 1.807) is 0 Å². The van der Waals surface area contributed by atoms with Gasteiger partial charge in [0.05, 0.1) is 12.2 Å². The molecule has 1 N–H and O–H groups in total. The van der Waals surface area contributed by atoms with Crippen molar-refractivity contribution >= 4 is 0 Å². The van der Waals surface area contributed by atoms with E-state index in [9.17, 15) is 0 Å². The Morgan fingerprint density at radius 2 is 2.42 bits per heavy atom. The normalized spacial score (nSPS) is 31.4. The maximum Gasteiger partial charge on any atom is 0.0741 e. The lowest BCUT2D eigenvalue weighted by molar-refractivity contribution is 0.0348. The Bertz CT molecular complexity index is 173. The van der Waals surface area contributed by atoms with Crippen molar-refractivity contribution in [1.29, 1.82) is 0 Å². The smallest absolute Gasteiger partial charge is 0.0741 e. The summed E-state index contributed by atoms with van der Waals surface area (Å²) in [7, 11) is 1.94. The van der Waals surface area contributed by atoms with E-state index in [2.05, 4.69) is 18.2 Å². The minimum atomic E-state index is 0.320. The van der Waals surface area contributed by atoms with Crippen LogP contribution < -0.4 is 5.32 Å². The van der Waals surface area contributed by atoms with Crippen LogP contribution in [-0.4, -0.2) is 25.3 Å². The van der Waals surface area contributed by atoms with Crippen molar-refractivity contribution in [3.05, 3.63) is 0 Å². The molecule has 0 aromatic rings. The van der Waals surface area contributed by atoms with Crippen LogP contribution in [0.1, 0.15) is 26.2 Å². The van der Waals surface area contributed by atoms with Crippen LogP contribution in [0.5, 0.6) is 0 Å². The molecule has 0 spiro atoms. The molecule has 68 valence electrons. The molecule has 1 saturated heterocycles. The molecule has 0 bridgehead atoms. The maximum atomic E-state index is 5.71. The minimum Gasteiger partial charge on any atom is -0.374 e. The van der Waals surface area contributed by atoms with Gasteiger partial charge < -0.3 is 10.1 Å². The van der Waals surface area contributed by atoms with Gasteiger partial charge in [-0.05, 0) is 26.8 Å². The molecule has 0 aromatic heterocycles. The number of likely N-dealkylation sites (N-methyl/N-ethyl adjacent to an activating group) is 1. The molecular formula is C10H17NO. The van der Waals surface area contributed by atoms with Crippen LogP contribution in [0.25, 0.3) is 0 Å². The number of terminal acetylenes is 1. The summed E-state index contributed by atoms with van der Waals surface area (Å²) in [6.45, 7) is 2.11. The van der Waals surface area contributed by atoms with Gasteiger partial charge in [-0.25, -0.2) is 0 Å². The topological polar surface area (TPSA) is 21.3 Å². The third kappa shape index (κ3) is 2.23. The third-order valence-corrected chi connectivity index (χ3v) is 2.42. The predicted octanol–water partition coefficient (Wildman–Crippen LogP) is 1.17. The molecule has 1 fully saturated rings. The fraction of sp³-hybridized carbons (Fsp3) is 0.800. The molecule has 2 nitrogen and oxygen atoms in total. The molecule has 0 amide bonds. The zero-order valence-corrected chi connectivity index (χ0v) is 7.84. The number of rotatable bonds is 3. The minimum absolute atomic E-state index is 0.320. The molecule has 1 aliphatic rings. The Kier molecular flexibility index (Phi) is 3.58. The predicted molar refractivity (Wildman–Crippen MR) is 49.9 cm³/mol. The molecule has 0 saturated carbocycles. The molecule has 3 unspecified atom stereocenters. The van der Waals surface area contributed by atoms with Crippen LogP contribution >= 0.6 is 0 Å². The highest BCUT2D eigenvalue weighted by Gasteiger charge is 2.27. The standard InChI is InChI=1S/C10H17NO/c1-4-5-9(11-3)10-7-6-8(2)12-10/h1,8-11H,5-7H2,2-3H3. The molecule has 1 rings (SSSR count). The van der Waals surface area contributed by atoms with Crippen LogP contribution in [0.15, 0.2) is 0 Å². The van der Waals surface area contributed by atoms with Gasteiger partial charge in [-0.3, -0.25) is 0 Å². The van der Waals surface area contributed by atoms with Crippen LogP contribution in [0, 0.1) is 12.3 Å². The summed E-state index contributed by atoms with van der Waals surface area (Å²) in [6.07, 6.45) is 9.04. The van der Waals surface area contributed by atoms with E-state index in [4.69, 9.17) is 11.2 Å². The molecule has 2 heteroatoms. The largest absolute Gasteiger partial charge is 0.374 e. The van der Waals surface area contributed by atoms with Crippen molar-refractivity contribution in [3.63, 3.8) is 0 Å². The van der Waals surface area contributed by atoms with Gasteiger partial charge >= 0.3 is 0 Å². The Labute approximate surface area is 74.7 Å². The molecule has 0 radical (unpaired) electrons. The molecule has 1 heterocycles. The first-order chi connectivity index (χ1) is 5.77. The zero-order chi connectivity index (χ0) is 8.97. The van der Waals surface area contributed by atoms with Crippen molar-refractivity contribution in [2.75, 3.05) is 7.05 Å². The lowest BCUT2D eigenvalue weighted by Crippen LogP contribution is -2.37. The molecule has 0 aliphatic carbocycles. The van der Waals surface area contributed by atoms with Gasteiger partial charge in [0.15, 0.2) is 0 Å². The van der Waals surface area contributed by atoms with Crippen molar-refractivity contribution < 1.29 is 4.74 Å². The average Bonchev–Trinajstić information content (AvgIpc) is 2.47. The van der Waals surface area contributed by atoms with Crippen LogP contribution in [0.2, 0.25) is 0 Å². The van der Waals surface area contributed by atoms with Gasteiger partial charge in [0.25, 0.3) is 0 Å². The summed E-state index contributed by atoms with van der Waals surface area (Å²) in [4.78, 5) is 0. The van der Waals surface area contributed by atoms with E-state index in [0.717, 1.165) is 19.3 Å². The second kappa shape index (κ2) is 4.49. The van der Waals surface area contributed by atoms with Crippen molar-refractivity contribution in [3.8, 4) is 12.3 Å². The van der Waals surface area contributed by atoms with E-state index < -0.39 is 0 Å². The molecule has 3 atom stereocenters. The van der Waals surface area contributed by atoms with Crippen LogP contribution in [-0.2, 0) is 4.74 Å². The van der Waals surface area contributed by atoms with E-state index >= 15 is 0 Å². The Morgan fingerprint density at radius 3 is 2.83 bits per heavy atom. The van der Waals surface area contributed by atoms with Gasteiger partial charge in [0, 0.05) is 12.5 Å². The lowest BCUT2D eigenvalue weighted by atomic mass is 10.1. The fourth-order valence-electron chi connectivity index (χ4n) is 1.68. The molecule has 0 aromatic carbocycles. The number of ether oxygens (including phenoxy) is 1. The molecular weight excluding hydrogens is 150 g/mol. The van der Waals surface area contributed by atoms with Crippen molar-refractivity contribution in [1.82, 2.24) is 5.32 Å². The zero-order valence-electron chi connectivity index (χ0n) is 7.84. The fourth-order valence-corrected chi connectivity index (χ4v) is 1.68. The number of hydrogen-bond acceptors (Lipinski definition) is 2. The summed E-state index contributed by atoms with van der Waals surface area (Å²) >= 11 is 0. The van der Waals surface area contributed by atoms with E-state index in [1.807, 2.05) is 7.05 Å². The summed E-state index contributed by atoms with van der Waals surface area (Å²) < 4.78 is 5.71. The Balaban J connectivity index is 2.39. The summed E-state index contributed by atoms with van der Waals surface area (Å²) in [6, 6.07) is 0.333. The van der Waals surface area contributed by atoms with E-state index in [0.29, 0.717) is 18.2 Å². The average molecular weight is 167 g/mol. The number of nitrogens with one attached hydrogen (secondary N) is 1. The second-order valence-corrected chi connectivity index (χ2v) is 3.37. The highest BCUT2D eigenvalue weighted by Crippen LogP contribution is 2.22. The Morgan fingerprint density at radius 1 is 1.67 bits per heavy atom. The monoisotopic (exact) mass is 167 g/mol. The molecule has 12 heavy (non-hydrogen) atoms. The summed E-state index contributed by atoms with van der Waals surface area (Å²) in [5, 5.41) is 3.20. The lowest BCUT2D eigenvalue weighted by Gasteiger charge is -2.20. The highest BCUT2D eigenvalue weighted by atomic mass is 16.5. The maximum absolute atomic E-state index is 5.71. The number of hydrogen-bond donors (Lipinski definition) is 1. The van der Waals surface area contributed by atoms with E-state index in [1.165, 1.54) is 0 Å².